The maximum atomic E-state index is 3.86. The first kappa shape index (κ1) is 10.6. The highest BCUT2D eigenvalue weighted by Gasteiger charge is 2.17. The van der Waals surface area contributed by atoms with E-state index in [4.69, 9.17) is 0 Å². The number of halogens is 1. The summed E-state index contributed by atoms with van der Waals surface area (Å²) in [5.74, 6) is 2.64. The van der Waals surface area contributed by atoms with Crippen molar-refractivity contribution in [2.75, 3.05) is 25.1 Å². The Morgan fingerprint density at radius 2 is 2.50 bits per heavy atom. The van der Waals surface area contributed by atoms with Crippen LogP contribution in [-0.4, -0.2) is 36.0 Å². The Morgan fingerprint density at radius 3 is 3.00 bits per heavy atom. The minimum absolute atomic E-state index is 0.762. The molecule has 1 heterocycles. The Bertz CT molecular complexity index is 155. The third-order valence-corrected chi connectivity index (χ3v) is 3.63. The van der Waals surface area contributed by atoms with Crippen molar-refractivity contribution in [3.05, 3.63) is 11.1 Å². The van der Waals surface area contributed by atoms with Crippen LogP contribution in [0.5, 0.6) is 0 Å². The third kappa shape index (κ3) is 3.50. The molecule has 0 amide bonds. The average molecular weight is 250 g/mol. The van der Waals surface area contributed by atoms with Crippen LogP contribution in [0.1, 0.15) is 12.8 Å². The molecular weight excluding hydrogens is 234 g/mol. The zero-order valence-electron chi connectivity index (χ0n) is 7.55. The molecule has 70 valence electrons. The van der Waals surface area contributed by atoms with E-state index in [1.807, 2.05) is 0 Å². The number of hydrogen-bond acceptors (Lipinski definition) is 2. The summed E-state index contributed by atoms with van der Waals surface area (Å²) in [5, 5.41) is 0. The summed E-state index contributed by atoms with van der Waals surface area (Å²) in [6.07, 6.45) is 2.72. The third-order valence-electron chi connectivity index (χ3n) is 2.18. The molecule has 1 aliphatic rings. The summed E-state index contributed by atoms with van der Waals surface area (Å²) < 4.78 is 1.08. The van der Waals surface area contributed by atoms with Gasteiger partial charge in [0.15, 0.2) is 0 Å². The van der Waals surface area contributed by atoms with Gasteiger partial charge in [-0.3, -0.25) is 4.90 Å². The predicted octanol–water partition coefficient (Wildman–Crippen LogP) is 2.72. The van der Waals surface area contributed by atoms with Crippen LogP contribution in [0.25, 0.3) is 0 Å². The fourth-order valence-corrected chi connectivity index (χ4v) is 3.10. The number of hydrogen-bond donors (Lipinski definition) is 0. The van der Waals surface area contributed by atoms with Crippen LogP contribution in [0.2, 0.25) is 0 Å². The molecule has 1 aliphatic heterocycles. The number of likely N-dealkylation sites (N-methyl/N-ethyl adjacent to an activating group) is 1. The second kappa shape index (κ2) is 5.30. The van der Waals surface area contributed by atoms with E-state index in [9.17, 15) is 0 Å². The van der Waals surface area contributed by atoms with Gasteiger partial charge >= 0.3 is 0 Å². The molecule has 1 nitrogen and oxygen atoms in total. The minimum atomic E-state index is 0.762. The lowest BCUT2D eigenvalue weighted by molar-refractivity contribution is 0.270. The van der Waals surface area contributed by atoms with E-state index in [0.29, 0.717) is 0 Å². The molecule has 12 heavy (non-hydrogen) atoms. The minimum Gasteiger partial charge on any atom is -0.298 e. The van der Waals surface area contributed by atoms with Crippen molar-refractivity contribution in [2.24, 2.45) is 0 Å². The predicted molar refractivity (Wildman–Crippen MR) is 61.0 cm³/mol. The van der Waals surface area contributed by atoms with Gasteiger partial charge in [0.25, 0.3) is 0 Å². The fourth-order valence-electron chi connectivity index (χ4n) is 1.47. The van der Waals surface area contributed by atoms with Crippen molar-refractivity contribution < 1.29 is 0 Å². The molecular formula is C9H16BrNS. The molecule has 1 fully saturated rings. The van der Waals surface area contributed by atoms with E-state index in [1.54, 1.807) is 0 Å². The van der Waals surface area contributed by atoms with E-state index < -0.39 is 0 Å². The molecule has 0 bridgehead atoms. The molecule has 1 atom stereocenters. The molecule has 0 N–H and O–H groups in total. The quantitative estimate of drug-likeness (QED) is 0.757. The van der Waals surface area contributed by atoms with E-state index in [1.165, 1.54) is 24.3 Å². The number of thioether (sulfide) groups is 1. The SMILES string of the molecule is C=C(Br)CN(C)C1CCCSC1. The first-order chi connectivity index (χ1) is 5.70. The van der Waals surface area contributed by atoms with Gasteiger partial charge in [0, 0.05) is 22.8 Å². The van der Waals surface area contributed by atoms with Crippen LogP contribution in [0.3, 0.4) is 0 Å². The highest BCUT2D eigenvalue weighted by atomic mass is 79.9. The highest BCUT2D eigenvalue weighted by Crippen LogP contribution is 2.21. The first-order valence-corrected chi connectivity index (χ1v) is 6.26. The molecule has 0 radical (unpaired) electrons. The molecule has 0 aromatic rings. The van der Waals surface area contributed by atoms with Crippen molar-refractivity contribution in [1.82, 2.24) is 4.90 Å². The van der Waals surface area contributed by atoms with Gasteiger partial charge in [-0.05, 0) is 25.6 Å². The Morgan fingerprint density at radius 1 is 1.75 bits per heavy atom. The van der Waals surface area contributed by atoms with Gasteiger partial charge in [0.2, 0.25) is 0 Å². The molecule has 0 spiro atoms. The van der Waals surface area contributed by atoms with Crippen LogP contribution in [0.4, 0.5) is 0 Å². The lowest BCUT2D eigenvalue weighted by Gasteiger charge is -2.30. The zero-order chi connectivity index (χ0) is 8.97. The van der Waals surface area contributed by atoms with E-state index >= 15 is 0 Å². The van der Waals surface area contributed by atoms with Crippen LogP contribution in [0, 0.1) is 0 Å². The lowest BCUT2D eigenvalue weighted by Crippen LogP contribution is -2.36. The summed E-state index contributed by atoms with van der Waals surface area (Å²) in [7, 11) is 2.18. The van der Waals surface area contributed by atoms with Crippen molar-refractivity contribution in [3.8, 4) is 0 Å². The van der Waals surface area contributed by atoms with Gasteiger partial charge in [-0.15, -0.1) is 0 Å². The molecule has 0 saturated carbocycles. The first-order valence-electron chi connectivity index (χ1n) is 4.31. The van der Waals surface area contributed by atoms with Crippen molar-refractivity contribution >= 4 is 27.7 Å². The molecule has 1 unspecified atom stereocenters. The van der Waals surface area contributed by atoms with Crippen LogP contribution in [-0.2, 0) is 0 Å². The zero-order valence-corrected chi connectivity index (χ0v) is 9.96. The topological polar surface area (TPSA) is 3.24 Å². The fraction of sp³-hybridized carbons (Fsp3) is 0.778. The molecule has 0 aliphatic carbocycles. The van der Waals surface area contributed by atoms with Crippen molar-refractivity contribution in [2.45, 2.75) is 18.9 Å². The largest absolute Gasteiger partial charge is 0.298 e. The van der Waals surface area contributed by atoms with Gasteiger partial charge in [0.1, 0.15) is 0 Å². The van der Waals surface area contributed by atoms with Crippen molar-refractivity contribution in [3.63, 3.8) is 0 Å². The van der Waals surface area contributed by atoms with Crippen LogP contribution >= 0.6 is 27.7 Å². The summed E-state index contributed by atoms with van der Waals surface area (Å²) in [6.45, 7) is 4.84. The van der Waals surface area contributed by atoms with E-state index in [2.05, 4.69) is 46.2 Å². The van der Waals surface area contributed by atoms with E-state index in [-0.39, 0.29) is 0 Å². The van der Waals surface area contributed by atoms with Gasteiger partial charge in [-0.1, -0.05) is 22.5 Å². The second-order valence-corrected chi connectivity index (χ2v) is 5.57. The van der Waals surface area contributed by atoms with Crippen molar-refractivity contribution in [1.29, 1.82) is 0 Å². The number of rotatable bonds is 3. The second-order valence-electron chi connectivity index (χ2n) is 3.30. The normalized spacial score (nSPS) is 24.4. The summed E-state index contributed by atoms with van der Waals surface area (Å²) in [6, 6.07) is 0.762. The molecule has 1 rings (SSSR count). The molecule has 1 saturated heterocycles. The van der Waals surface area contributed by atoms with Gasteiger partial charge in [-0.2, -0.15) is 11.8 Å². The smallest absolute Gasteiger partial charge is 0.0294 e. The summed E-state index contributed by atoms with van der Waals surface area (Å²) in [5.41, 5.74) is 0. The maximum Gasteiger partial charge on any atom is 0.0294 e. The highest BCUT2D eigenvalue weighted by molar-refractivity contribution is 9.11. The molecule has 3 heteroatoms. The Balaban J connectivity index is 2.29. The molecule has 0 aromatic heterocycles. The van der Waals surface area contributed by atoms with Gasteiger partial charge < -0.3 is 0 Å². The summed E-state index contributed by atoms with van der Waals surface area (Å²) in [4.78, 5) is 2.39. The lowest BCUT2D eigenvalue weighted by atomic mass is 10.1. The maximum absolute atomic E-state index is 3.86. The number of nitrogens with zero attached hydrogens (tertiary/aromatic N) is 1. The van der Waals surface area contributed by atoms with Crippen LogP contribution < -0.4 is 0 Å². The Hall–Kier alpha value is 0.530. The Kier molecular flexibility index (Phi) is 4.69. The monoisotopic (exact) mass is 249 g/mol. The standard InChI is InChI=1S/C9H16BrNS/c1-8(10)6-11(2)9-4-3-5-12-7-9/h9H,1,3-7H2,2H3. The van der Waals surface area contributed by atoms with Crippen LogP contribution in [0.15, 0.2) is 11.1 Å². The average Bonchev–Trinajstić information content (AvgIpc) is 2.05. The van der Waals surface area contributed by atoms with Gasteiger partial charge in [-0.25, -0.2) is 0 Å². The molecule has 0 aromatic carbocycles. The Labute approximate surface area is 87.7 Å². The van der Waals surface area contributed by atoms with Gasteiger partial charge in [0.05, 0.1) is 0 Å². The summed E-state index contributed by atoms with van der Waals surface area (Å²) >= 11 is 5.47. The van der Waals surface area contributed by atoms with E-state index in [0.717, 1.165) is 17.1 Å².